The van der Waals surface area contributed by atoms with E-state index >= 15 is 0 Å². The number of hydrogen-bond donors (Lipinski definition) is 2. The number of nitrogens with one attached hydrogen (secondary N) is 2. The van der Waals surface area contributed by atoms with Gasteiger partial charge in [0.2, 0.25) is 0 Å². The number of nitrogens with zero attached hydrogens (tertiary/aromatic N) is 3. The largest absolute Gasteiger partial charge is 0.493 e. The van der Waals surface area contributed by atoms with E-state index in [0.29, 0.717) is 18.2 Å². The van der Waals surface area contributed by atoms with Gasteiger partial charge in [-0.2, -0.15) is 5.10 Å². The van der Waals surface area contributed by atoms with Crippen LogP contribution in [-0.2, 0) is 13.1 Å². The van der Waals surface area contributed by atoms with Crippen molar-refractivity contribution in [3.05, 3.63) is 41.2 Å². The highest BCUT2D eigenvalue weighted by atomic mass is 127. The van der Waals surface area contributed by atoms with E-state index in [-0.39, 0.29) is 24.0 Å². The summed E-state index contributed by atoms with van der Waals surface area (Å²) in [6, 6.07) is 7.96. The molecule has 2 N–H and O–H groups in total. The van der Waals surface area contributed by atoms with Crippen LogP contribution in [0.1, 0.15) is 30.8 Å². The van der Waals surface area contributed by atoms with Crippen LogP contribution >= 0.6 is 24.0 Å². The number of aryl methyl sites for hydroxylation is 2. The molecule has 1 heterocycles. The molecule has 1 unspecified atom stereocenters. The number of rotatable bonds is 9. The monoisotopic (exact) mass is 515 g/mol. The first kappa shape index (κ1) is 25.1. The standard InChI is InChI=1S/C21H33N5O2.HI/c1-7-22-21(23-12-15(2)14-26-17(4)10-16(3)25-26)24-13-18-8-9-19(27-5)20(11-18)28-6;/h8-11,15H,7,12-14H2,1-6H3,(H2,22,23,24);1H. The summed E-state index contributed by atoms with van der Waals surface area (Å²) in [6.45, 7) is 11.4. The van der Waals surface area contributed by atoms with Crippen LogP contribution in [0.3, 0.4) is 0 Å². The second kappa shape index (κ2) is 12.6. The molecule has 0 bridgehead atoms. The van der Waals surface area contributed by atoms with Crippen molar-refractivity contribution in [1.29, 1.82) is 0 Å². The van der Waals surface area contributed by atoms with Gasteiger partial charge in [0.15, 0.2) is 17.5 Å². The van der Waals surface area contributed by atoms with E-state index in [1.54, 1.807) is 14.2 Å². The molecule has 0 aliphatic carbocycles. The third-order valence-electron chi connectivity index (χ3n) is 4.42. The van der Waals surface area contributed by atoms with Crippen molar-refractivity contribution in [2.75, 3.05) is 27.3 Å². The van der Waals surface area contributed by atoms with Gasteiger partial charge in [0.05, 0.1) is 26.5 Å². The fourth-order valence-corrected chi connectivity index (χ4v) is 2.98. The molecule has 0 spiro atoms. The van der Waals surface area contributed by atoms with Crippen LogP contribution in [0.15, 0.2) is 29.3 Å². The Bertz CT molecular complexity index is 791. The normalized spacial score (nSPS) is 12.1. The first-order valence-corrected chi connectivity index (χ1v) is 9.71. The smallest absolute Gasteiger partial charge is 0.191 e. The summed E-state index contributed by atoms with van der Waals surface area (Å²) in [4.78, 5) is 4.69. The van der Waals surface area contributed by atoms with Gasteiger partial charge in [0.1, 0.15) is 0 Å². The molecule has 7 nitrogen and oxygen atoms in total. The maximum Gasteiger partial charge on any atom is 0.191 e. The number of aromatic nitrogens is 2. The predicted octanol–water partition coefficient (Wildman–Crippen LogP) is 3.53. The van der Waals surface area contributed by atoms with Gasteiger partial charge in [-0.25, -0.2) is 4.99 Å². The molecule has 0 fully saturated rings. The van der Waals surface area contributed by atoms with Gasteiger partial charge in [-0.05, 0) is 50.5 Å². The van der Waals surface area contributed by atoms with Crippen molar-refractivity contribution < 1.29 is 9.47 Å². The zero-order chi connectivity index (χ0) is 20.5. The van der Waals surface area contributed by atoms with E-state index in [0.717, 1.165) is 42.6 Å². The summed E-state index contributed by atoms with van der Waals surface area (Å²) in [5, 5.41) is 11.3. The molecule has 1 aromatic heterocycles. The molecule has 2 rings (SSSR count). The second-order valence-electron chi connectivity index (χ2n) is 6.98. The van der Waals surface area contributed by atoms with Crippen LogP contribution in [-0.4, -0.2) is 43.0 Å². The molecule has 0 saturated carbocycles. The Labute approximate surface area is 191 Å². The van der Waals surface area contributed by atoms with Gasteiger partial charge >= 0.3 is 0 Å². The maximum atomic E-state index is 5.37. The lowest BCUT2D eigenvalue weighted by Gasteiger charge is -2.17. The molecule has 0 amide bonds. The van der Waals surface area contributed by atoms with E-state index in [1.165, 1.54) is 5.69 Å². The van der Waals surface area contributed by atoms with Crippen LogP contribution in [0.5, 0.6) is 11.5 Å². The minimum absolute atomic E-state index is 0. The minimum Gasteiger partial charge on any atom is -0.493 e. The fourth-order valence-electron chi connectivity index (χ4n) is 2.98. The van der Waals surface area contributed by atoms with Crippen LogP contribution < -0.4 is 20.1 Å². The Morgan fingerprint density at radius 1 is 1.14 bits per heavy atom. The summed E-state index contributed by atoms with van der Waals surface area (Å²) >= 11 is 0. The Balaban J connectivity index is 0.00000420. The molecule has 0 aliphatic heterocycles. The van der Waals surface area contributed by atoms with Crippen molar-refractivity contribution in [3.8, 4) is 11.5 Å². The Kier molecular flexibility index (Phi) is 10.9. The lowest BCUT2D eigenvalue weighted by atomic mass is 10.2. The first-order chi connectivity index (χ1) is 13.5. The Hall–Kier alpha value is -1.97. The topological polar surface area (TPSA) is 72.7 Å². The first-order valence-electron chi connectivity index (χ1n) is 9.71. The van der Waals surface area contributed by atoms with E-state index in [2.05, 4.69) is 47.3 Å². The molecular weight excluding hydrogens is 481 g/mol. The van der Waals surface area contributed by atoms with Crippen molar-refractivity contribution in [1.82, 2.24) is 20.4 Å². The van der Waals surface area contributed by atoms with Crippen LogP contribution in [0, 0.1) is 19.8 Å². The van der Waals surface area contributed by atoms with Crippen molar-refractivity contribution in [2.24, 2.45) is 10.9 Å². The Morgan fingerprint density at radius 2 is 1.86 bits per heavy atom. The number of methoxy groups -OCH3 is 2. The molecule has 2 aromatic rings. The zero-order valence-corrected chi connectivity index (χ0v) is 20.6. The average Bonchev–Trinajstić information content (AvgIpc) is 3.00. The molecule has 0 saturated heterocycles. The van der Waals surface area contributed by atoms with E-state index in [1.807, 2.05) is 25.1 Å². The van der Waals surface area contributed by atoms with E-state index in [9.17, 15) is 0 Å². The third kappa shape index (κ3) is 7.75. The molecule has 29 heavy (non-hydrogen) atoms. The quantitative estimate of drug-likeness (QED) is 0.304. The highest BCUT2D eigenvalue weighted by Crippen LogP contribution is 2.27. The van der Waals surface area contributed by atoms with Gasteiger partial charge in [-0.3, -0.25) is 4.68 Å². The summed E-state index contributed by atoms with van der Waals surface area (Å²) in [6.07, 6.45) is 0. The number of aliphatic imine (C=N–C) groups is 1. The van der Waals surface area contributed by atoms with Gasteiger partial charge in [0.25, 0.3) is 0 Å². The van der Waals surface area contributed by atoms with E-state index in [4.69, 9.17) is 14.5 Å². The van der Waals surface area contributed by atoms with Gasteiger partial charge < -0.3 is 20.1 Å². The van der Waals surface area contributed by atoms with E-state index < -0.39 is 0 Å². The molecule has 1 atom stereocenters. The maximum absolute atomic E-state index is 5.37. The number of benzene rings is 1. The fraction of sp³-hybridized carbons (Fsp3) is 0.524. The number of guanidine groups is 1. The van der Waals surface area contributed by atoms with Crippen molar-refractivity contribution >= 4 is 29.9 Å². The SMILES string of the molecule is CCNC(=NCc1ccc(OC)c(OC)c1)NCC(C)Cn1nc(C)cc1C.I. The highest BCUT2D eigenvalue weighted by Gasteiger charge is 2.09. The van der Waals surface area contributed by atoms with Gasteiger partial charge in [-0.1, -0.05) is 13.0 Å². The molecule has 0 radical (unpaired) electrons. The minimum atomic E-state index is 0. The van der Waals surface area contributed by atoms with Gasteiger partial charge in [0, 0.05) is 25.3 Å². The summed E-state index contributed by atoms with van der Waals surface area (Å²) in [5.74, 6) is 2.66. The lowest BCUT2D eigenvalue weighted by molar-refractivity contribution is 0.354. The average molecular weight is 515 g/mol. The predicted molar refractivity (Wildman–Crippen MR) is 129 cm³/mol. The lowest BCUT2D eigenvalue weighted by Crippen LogP contribution is -2.40. The number of halogens is 1. The highest BCUT2D eigenvalue weighted by molar-refractivity contribution is 14.0. The van der Waals surface area contributed by atoms with Gasteiger partial charge in [-0.15, -0.1) is 24.0 Å². The summed E-state index contributed by atoms with van der Waals surface area (Å²) in [5.41, 5.74) is 3.31. The molecule has 8 heteroatoms. The second-order valence-corrected chi connectivity index (χ2v) is 6.98. The van der Waals surface area contributed by atoms with Crippen molar-refractivity contribution in [3.63, 3.8) is 0 Å². The Morgan fingerprint density at radius 3 is 2.45 bits per heavy atom. The van der Waals surface area contributed by atoms with Crippen LogP contribution in [0.4, 0.5) is 0 Å². The van der Waals surface area contributed by atoms with Crippen LogP contribution in [0.25, 0.3) is 0 Å². The molecule has 1 aromatic carbocycles. The summed E-state index contributed by atoms with van der Waals surface area (Å²) < 4.78 is 12.7. The zero-order valence-electron chi connectivity index (χ0n) is 18.3. The third-order valence-corrected chi connectivity index (χ3v) is 4.42. The molecule has 162 valence electrons. The molecular formula is C21H34IN5O2. The number of ether oxygens (including phenoxy) is 2. The number of hydrogen-bond acceptors (Lipinski definition) is 4. The van der Waals surface area contributed by atoms with Crippen LogP contribution in [0.2, 0.25) is 0 Å². The molecule has 0 aliphatic rings. The van der Waals surface area contributed by atoms with Crippen molar-refractivity contribution in [2.45, 2.75) is 40.8 Å². The summed E-state index contributed by atoms with van der Waals surface area (Å²) in [7, 11) is 3.27.